The molecule has 2 aromatic rings. The summed E-state index contributed by atoms with van der Waals surface area (Å²) in [6.45, 7) is 18.7. The number of hydrogen-bond acceptors (Lipinski definition) is 5. The summed E-state index contributed by atoms with van der Waals surface area (Å²) in [5.74, 6) is 0.908. The van der Waals surface area contributed by atoms with Crippen molar-refractivity contribution in [1.82, 2.24) is 5.32 Å². The fourth-order valence-electron chi connectivity index (χ4n) is 4.08. The van der Waals surface area contributed by atoms with Crippen molar-refractivity contribution >= 4 is 11.6 Å². The standard InChI is InChI=1S/C22H27N5O3.C3H8.2C2H6/c1-13-9-16(10-14(2)22(13)25-15(3)28)5-6-19-18-12-20(29-4)21(30-27-26-23)11-17(18)7-8-24-19;1-3-2;2*1-2/h9-12,19,24H,5-8H2,1-4H3,(H,25,28);3H2,1-2H3;2*1-2H3. The number of anilines is 1. The van der Waals surface area contributed by atoms with E-state index in [-0.39, 0.29) is 11.9 Å². The molecule has 8 nitrogen and oxygen atoms in total. The molecule has 0 fully saturated rings. The number of azide groups is 1. The molecule has 0 bridgehead atoms. The third-order valence-electron chi connectivity index (χ3n) is 5.38. The Hall–Kier alpha value is -3.22. The van der Waals surface area contributed by atoms with E-state index in [1.165, 1.54) is 24.5 Å². The minimum absolute atomic E-state index is 0.0604. The van der Waals surface area contributed by atoms with E-state index in [4.69, 9.17) is 15.1 Å². The average molecular weight is 514 g/mol. The Morgan fingerprint density at radius 1 is 1.11 bits per heavy atom. The Labute approximate surface area is 223 Å². The first-order valence-electron chi connectivity index (χ1n) is 13.4. The number of nitrogens with one attached hydrogen (secondary N) is 2. The van der Waals surface area contributed by atoms with Crippen molar-refractivity contribution < 1.29 is 14.4 Å². The molecule has 1 heterocycles. The summed E-state index contributed by atoms with van der Waals surface area (Å²) in [6.07, 6.45) is 3.94. The number of methoxy groups -OCH3 is 1. The van der Waals surface area contributed by atoms with E-state index in [1.54, 1.807) is 7.11 Å². The zero-order valence-corrected chi connectivity index (χ0v) is 24.5. The predicted molar refractivity (Wildman–Crippen MR) is 154 cm³/mol. The number of nitrogens with zero attached hydrogens (tertiary/aromatic N) is 3. The van der Waals surface area contributed by atoms with Crippen LogP contribution in [0.1, 0.15) is 95.2 Å². The minimum atomic E-state index is -0.0604. The van der Waals surface area contributed by atoms with Crippen molar-refractivity contribution in [3.8, 4) is 11.5 Å². The molecular weight excluding hydrogens is 466 g/mol. The average Bonchev–Trinajstić information content (AvgIpc) is 2.90. The SMILES string of the molecule is CC.CC.CCC.COc1cc2c(cc1ON=[N+]=[N-])CCNC2CCc1cc(C)c(NC(C)=O)c(C)c1. The summed E-state index contributed by atoms with van der Waals surface area (Å²) in [6, 6.07) is 8.32. The van der Waals surface area contributed by atoms with Crippen LogP contribution in [0.5, 0.6) is 11.5 Å². The summed E-state index contributed by atoms with van der Waals surface area (Å²) in [7, 11) is 1.57. The molecule has 0 spiro atoms. The molecule has 206 valence electrons. The molecule has 2 aromatic carbocycles. The molecule has 2 N–H and O–H groups in total. The van der Waals surface area contributed by atoms with Crippen LogP contribution in [0, 0.1) is 13.8 Å². The first-order chi connectivity index (χ1) is 17.8. The monoisotopic (exact) mass is 513 g/mol. The first-order valence-corrected chi connectivity index (χ1v) is 13.4. The van der Waals surface area contributed by atoms with Gasteiger partial charge in [0.25, 0.3) is 0 Å². The molecule has 0 saturated heterocycles. The molecule has 1 amide bonds. The molecule has 0 radical (unpaired) electrons. The molecule has 1 unspecified atom stereocenters. The largest absolute Gasteiger partial charge is 0.493 e. The summed E-state index contributed by atoms with van der Waals surface area (Å²) in [5, 5.41) is 9.70. The van der Waals surface area contributed by atoms with Crippen LogP contribution in [0.25, 0.3) is 10.4 Å². The second kappa shape index (κ2) is 19.0. The van der Waals surface area contributed by atoms with Gasteiger partial charge in [-0.2, -0.15) is 0 Å². The van der Waals surface area contributed by atoms with Gasteiger partial charge in [-0.05, 0) is 85.1 Å². The van der Waals surface area contributed by atoms with Crippen LogP contribution in [-0.2, 0) is 17.6 Å². The summed E-state index contributed by atoms with van der Waals surface area (Å²) in [5.41, 5.74) is 15.1. The van der Waals surface area contributed by atoms with Gasteiger partial charge in [-0.3, -0.25) is 4.79 Å². The maximum atomic E-state index is 11.4. The molecule has 1 aliphatic heterocycles. The first kappa shape index (κ1) is 33.8. The number of aryl methyl sites for hydroxylation is 3. The van der Waals surface area contributed by atoms with Crippen molar-refractivity contribution in [1.29, 1.82) is 0 Å². The van der Waals surface area contributed by atoms with Crippen LogP contribution < -0.4 is 20.2 Å². The van der Waals surface area contributed by atoms with Gasteiger partial charge < -0.3 is 20.2 Å². The van der Waals surface area contributed by atoms with E-state index >= 15 is 0 Å². The van der Waals surface area contributed by atoms with Gasteiger partial charge in [0.05, 0.1) is 7.11 Å². The minimum Gasteiger partial charge on any atom is -0.493 e. The lowest BCUT2D eigenvalue weighted by Crippen LogP contribution is -2.30. The van der Waals surface area contributed by atoms with Crippen LogP contribution in [0.4, 0.5) is 5.69 Å². The fraction of sp³-hybridized carbons (Fsp3) is 0.552. The number of carbonyl (C=O) groups is 1. The van der Waals surface area contributed by atoms with Crippen molar-refractivity contribution in [2.24, 2.45) is 5.28 Å². The Kier molecular flexibility index (Phi) is 17.3. The van der Waals surface area contributed by atoms with Crippen molar-refractivity contribution in [2.75, 3.05) is 19.0 Å². The number of carbonyl (C=O) groups excluding carboxylic acids is 1. The Morgan fingerprint density at radius 3 is 2.22 bits per heavy atom. The molecule has 0 saturated carbocycles. The maximum absolute atomic E-state index is 11.4. The Morgan fingerprint density at radius 2 is 1.70 bits per heavy atom. The van der Waals surface area contributed by atoms with Crippen LogP contribution in [-0.4, -0.2) is 19.6 Å². The Balaban J connectivity index is 0.00000169. The van der Waals surface area contributed by atoms with Crippen LogP contribution in [0.2, 0.25) is 0 Å². The summed E-state index contributed by atoms with van der Waals surface area (Å²) in [4.78, 5) is 19.2. The molecule has 1 atom stereocenters. The highest BCUT2D eigenvalue weighted by molar-refractivity contribution is 5.90. The normalized spacial score (nSPS) is 13.0. The lowest BCUT2D eigenvalue weighted by Gasteiger charge is -2.28. The second-order valence-corrected chi connectivity index (χ2v) is 8.25. The molecule has 0 aromatic heterocycles. The second-order valence-electron chi connectivity index (χ2n) is 8.25. The molecule has 8 heteroatoms. The van der Waals surface area contributed by atoms with Gasteiger partial charge >= 0.3 is 0 Å². The highest BCUT2D eigenvalue weighted by Gasteiger charge is 2.23. The van der Waals surface area contributed by atoms with Gasteiger partial charge in [0, 0.05) is 23.6 Å². The number of ether oxygens (including phenoxy) is 1. The Bertz CT molecular complexity index is 994. The van der Waals surface area contributed by atoms with Gasteiger partial charge in [0.1, 0.15) is 5.28 Å². The topological polar surface area (TPSA) is 108 Å². The third kappa shape index (κ3) is 10.7. The lowest BCUT2D eigenvalue weighted by molar-refractivity contribution is -0.114. The van der Waals surface area contributed by atoms with E-state index in [1.807, 2.05) is 53.7 Å². The number of fused-ring (bicyclic) bond motifs is 1. The molecule has 1 aliphatic rings. The lowest BCUT2D eigenvalue weighted by atomic mass is 9.89. The third-order valence-corrected chi connectivity index (χ3v) is 5.38. The van der Waals surface area contributed by atoms with E-state index in [0.29, 0.717) is 11.5 Å². The highest BCUT2D eigenvalue weighted by atomic mass is 16.7. The summed E-state index contributed by atoms with van der Waals surface area (Å²) < 4.78 is 5.43. The van der Waals surface area contributed by atoms with Gasteiger partial charge in [-0.1, -0.05) is 60.1 Å². The summed E-state index contributed by atoms with van der Waals surface area (Å²) >= 11 is 0. The van der Waals surface area contributed by atoms with E-state index in [9.17, 15) is 4.79 Å². The zero-order chi connectivity index (χ0) is 28.4. The van der Waals surface area contributed by atoms with Crippen molar-refractivity contribution in [3.63, 3.8) is 0 Å². The fourth-order valence-corrected chi connectivity index (χ4v) is 4.08. The quantitative estimate of drug-likeness (QED) is 0.168. The smallest absolute Gasteiger partial charge is 0.221 e. The molecule has 3 rings (SSSR count). The number of hydrogen-bond donors (Lipinski definition) is 2. The van der Waals surface area contributed by atoms with Crippen molar-refractivity contribution in [2.45, 2.75) is 94.0 Å². The van der Waals surface area contributed by atoms with Crippen LogP contribution >= 0.6 is 0 Å². The zero-order valence-electron chi connectivity index (χ0n) is 24.5. The number of rotatable bonds is 7. The predicted octanol–water partition coefficient (Wildman–Crippen LogP) is 8.16. The highest BCUT2D eigenvalue weighted by Crippen LogP contribution is 2.37. The van der Waals surface area contributed by atoms with Crippen LogP contribution in [0.15, 0.2) is 29.5 Å². The van der Waals surface area contributed by atoms with Gasteiger partial charge in [0.15, 0.2) is 11.5 Å². The van der Waals surface area contributed by atoms with E-state index < -0.39 is 0 Å². The van der Waals surface area contributed by atoms with E-state index in [0.717, 1.165) is 48.2 Å². The van der Waals surface area contributed by atoms with Gasteiger partial charge in [-0.15, -0.1) is 0 Å². The molecule has 37 heavy (non-hydrogen) atoms. The molecule has 0 aliphatic carbocycles. The maximum Gasteiger partial charge on any atom is 0.221 e. The number of benzene rings is 2. The van der Waals surface area contributed by atoms with E-state index in [2.05, 4.69) is 46.8 Å². The van der Waals surface area contributed by atoms with Gasteiger partial charge in [-0.25, -0.2) is 0 Å². The van der Waals surface area contributed by atoms with Crippen molar-refractivity contribution in [3.05, 3.63) is 62.5 Å². The van der Waals surface area contributed by atoms with Gasteiger partial charge in [0.2, 0.25) is 5.91 Å². The van der Waals surface area contributed by atoms with Crippen LogP contribution in [0.3, 0.4) is 0 Å². The molecular formula is C29H47N5O3. The number of amides is 1.